The van der Waals surface area contributed by atoms with E-state index >= 15 is 0 Å². The van der Waals surface area contributed by atoms with Gasteiger partial charge in [-0.15, -0.1) is 0 Å². The van der Waals surface area contributed by atoms with Gasteiger partial charge in [0.2, 0.25) is 0 Å². The van der Waals surface area contributed by atoms with Gasteiger partial charge >= 0.3 is 0 Å². The number of rotatable bonds is 3. The van der Waals surface area contributed by atoms with Crippen molar-refractivity contribution in [3.8, 4) is 11.1 Å². The Morgan fingerprint density at radius 1 is 1.24 bits per heavy atom. The monoisotopic (exact) mass is 289 g/mol. The van der Waals surface area contributed by atoms with Gasteiger partial charge < -0.3 is 5.32 Å². The van der Waals surface area contributed by atoms with Crippen LogP contribution in [0.15, 0.2) is 36.5 Å². The summed E-state index contributed by atoms with van der Waals surface area (Å²) < 4.78 is 13.3. The molecule has 5 nitrogen and oxygen atoms in total. The highest BCUT2D eigenvalue weighted by molar-refractivity contribution is 5.93. The van der Waals surface area contributed by atoms with Gasteiger partial charge in [0, 0.05) is 12.2 Å². The highest BCUT2D eigenvalue weighted by Crippen LogP contribution is 2.29. The Hall–Kier alpha value is -2.47. The fraction of sp³-hybridized carbons (Fsp3) is 0.200. The molecule has 0 saturated carbocycles. The van der Waals surface area contributed by atoms with Crippen LogP contribution in [0.1, 0.15) is 24.2 Å². The number of anilines is 1. The lowest BCUT2D eigenvalue weighted by Gasteiger charge is -2.10. The molecule has 1 aromatic heterocycles. The van der Waals surface area contributed by atoms with E-state index in [2.05, 4.69) is 34.6 Å². The molecule has 21 heavy (non-hydrogen) atoms. The quantitative estimate of drug-likeness (QED) is 0.512. The molecule has 3 rings (SSSR count). The number of halogens is 1. The van der Waals surface area contributed by atoms with Crippen LogP contribution in [0.25, 0.3) is 11.1 Å². The van der Waals surface area contributed by atoms with E-state index in [9.17, 15) is 9.18 Å². The van der Waals surface area contributed by atoms with Crippen LogP contribution < -0.4 is 10.8 Å². The third-order valence-electron chi connectivity index (χ3n) is 2.85. The Kier molecular flexibility index (Phi) is 4.49. The summed E-state index contributed by atoms with van der Waals surface area (Å²) in [5.41, 5.74) is 4.22. The van der Waals surface area contributed by atoms with Crippen LogP contribution in [0.3, 0.4) is 0 Å². The van der Waals surface area contributed by atoms with Crippen molar-refractivity contribution in [3.63, 3.8) is 0 Å². The van der Waals surface area contributed by atoms with Crippen LogP contribution in [-0.4, -0.2) is 22.1 Å². The van der Waals surface area contributed by atoms with Gasteiger partial charge in [-0.3, -0.25) is 10.0 Å². The number of hydrogen-bond donors (Lipinski definition) is 3. The van der Waals surface area contributed by atoms with Crippen molar-refractivity contribution in [1.29, 1.82) is 0 Å². The highest BCUT2D eigenvalue weighted by atomic mass is 19.1. The molecule has 1 aromatic rings. The third-order valence-corrected chi connectivity index (χ3v) is 2.85. The number of nitrogens with one attached hydrogen (secondary N) is 2. The predicted octanol–water partition coefficient (Wildman–Crippen LogP) is 2.83. The van der Waals surface area contributed by atoms with Crippen LogP contribution in [0, 0.1) is 5.82 Å². The molecule has 0 fully saturated rings. The standard InChI is InChI=1S/C9H12FN3O2.C6H4/c1-5(2)12-8-7(10)3-6(4-11-8)9(14)13-15;1-2-6-4-3-5(1)6/h3-5,15H,1-2H3,(H,11,12)(H,13,14);1-4H. The molecule has 0 atom stereocenters. The third kappa shape index (κ3) is 3.55. The SMILES string of the molecule is CC(C)Nc1ncc(C(=O)NO)cc1F.c1cc2ccc1-2. The van der Waals surface area contributed by atoms with Crippen molar-refractivity contribution in [2.75, 3.05) is 5.32 Å². The van der Waals surface area contributed by atoms with E-state index in [-0.39, 0.29) is 17.4 Å². The van der Waals surface area contributed by atoms with E-state index in [1.54, 1.807) is 0 Å². The van der Waals surface area contributed by atoms with E-state index in [0.717, 1.165) is 6.07 Å². The molecule has 2 aliphatic rings. The molecular formula is C15H16FN3O2. The van der Waals surface area contributed by atoms with Gasteiger partial charge in [0.05, 0.1) is 5.56 Å². The minimum absolute atomic E-state index is 0.0377. The van der Waals surface area contributed by atoms with Crippen molar-refractivity contribution in [2.24, 2.45) is 0 Å². The van der Waals surface area contributed by atoms with Crippen molar-refractivity contribution < 1.29 is 14.4 Å². The summed E-state index contributed by atoms with van der Waals surface area (Å²) in [5, 5.41) is 11.1. The second kappa shape index (κ2) is 6.32. The van der Waals surface area contributed by atoms with Crippen molar-refractivity contribution in [1.82, 2.24) is 10.5 Å². The van der Waals surface area contributed by atoms with Gasteiger partial charge in [0.25, 0.3) is 5.91 Å². The molecular weight excluding hydrogens is 273 g/mol. The average molecular weight is 289 g/mol. The maximum absolute atomic E-state index is 13.3. The van der Waals surface area contributed by atoms with Gasteiger partial charge in [0.1, 0.15) is 0 Å². The second-order valence-electron chi connectivity index (χ2n) is 4.87. The largest absolute Gasteiger partial charge is 0.365 e. The normalized spacial score (nSPS) is 10.5. The zero-order valence-electron chi connectivity index (χ0n) is 11.7. The summed E-state index contributed by atoms with van der Waals surface area (Å²) in [6.07, 6.45) is 1.18. The molecule has 6 heteroatoms. The van der Waals surface area contributed by atoms with Crippen LogP contribution in [0.4, 0.5) is 10.2 Å². The summed E-state index contributed by atoms with van der Waals surface area (Å²) in [4.78, 5) is 14.6. The summed E-state index contributed by atoms with van der Waals surface area (Å²) in [6, 6.07) is 9.53. The van der Waals surface area contributed by atoms with E-state index < -0.39 is 11.7 Å². The molecule has 1 amide bonds. The Balaban J connectivity index is 0.000000218. The summed E-state index contributed by atoms with van der Waals surface area (Å²) >= 11 is 0. The van der Waals surface area contributed by atoms with Crippen molar-refractivity contribution in [2.45, 2.75) is 19.9 Å². The van der Waals surface area contributed by atoms with E-state index in [1.807, 2.05) is 13.8 Å². The first-order chi connectivity index (χ1) is 10.0. The number of carbonyl (C=O) groups excluding carboxylic acids is 1. The lowest BCUT2D eigenvalue weighted by atomic mass is 9.95. The molecule has 1 heterocycles. The Bertz CT molecular complexity index is 621. The zero-order chi connectivity index (χ0) is 15.4. The fourth-order valence-electron chi connectivity index (χ4n) is 1.67. The van der Waals surface area contributed by atoms with E-state index in [1.165, 1.54) is 22.8 Å². The van der Waals surface area contributed by atoms with Crippen LogP contribution in [0.5, 0.6) is 0 Å². The summed E-state index contributed by atoms with van der Waals surface area (Å²) in [6.45, 7) is 3.69. The number of nitrogens with zero attached hydrogens (tertiary/aromatic N) is 1. The average Bonchev–Trinajstić information content (AvgIpc) is 2.44. The molecule has 0 aliphatic heterocycles. The number of pyridine rings is 1. The molecule has 0 radical (unpaired) electrons. The molecule has 2 aliphatic carbocycles. The molecule has 0 aromatic carbocycles. The number of fused-ring (bicyclic) bond motifs is 1. The molecule has 110 valence electrons. The predicted molar refractivity (Wildman–Crippen MR) is 77.6 cm³/mol. The van der Waals surface area contributed by atoms with E-state index in [0.29, 0.717) is 0 Å². The summed E-state index contributed by atoms with van der Waals surface area (Å²) in [7, 11) is 0. The fourth-order valence-corrected chi connectivity index (χ4v) is 1.67. The van der Waals surface area contributed by atoms with Gasteiger partial charge in [0.15, 0.2) is 11.6 Å². The maximum atomic E-state index is 13.3. The number of benzene rings is 1. The molecule has 0 saturated heterocycles. The number of amides is 1. The first-order valence-corrected chi connectivity index (χ1v) is 6.48. The Labute approximate surface area is 121 Å². The Morgan fingerprint density at radius 2 is 1.81 bits per heavy atom. The number of carbonyl (C=O) groups is 1. The number of aromatic nitrogens is 1. The number of hydroxylamine groups is 1. The molecule has 0 spiro atoms. The van der Waals surface area contributed by atoms with E-state index in [4.69, 9.17) is 5.21 Å². The molecule has 0 bridgehead atoms. The first kappa shape index (κ1) is 14.9. The minimum atomic E-state index is -0.794. The zero-order valence-corrected chi connectivity index (χ0v) is 11.7. The Morgan fingerprint density at radius 3 is 2.14 bits per heavy atom. The van der Waals surface area contributed by atoms with Gasteiger partial charge in [-0.05, 0) is 31.0 Å². The lowest BCUT2D eigenvalue weighted by Crippen LogP contribution is -2.20. The minimum Gasteiger partial charge on any atom is -0.365 e. The van der Waals surface area contributed by atoms with Crippen LogP contribution in [-0.2, 0) is 0 Å². The lowest BCUT2D eigenvalue weighted by molar-refractivity contribution is 0.0705. The highest BCUT2D eigenvalue weighted by Gasteiger charge is 2.10. The van der Waals surface area contributed by atoms with Gasteiger partial charge in [-0.2, -0.15) is 0 Å². The van der Waals surface area contributed by atoms with Crippen molar-refractivity contribution in [3.05, 3.63) is 47.9 Å². The number of hydrogen-bond acceptors (Lipinski definition) is 4. The molecule has 0 unspecified atom stereocenters. The topological polar surface area (TPSA) is 74.2 Å². The van der Waals surface area contributed by atoms with Gasteiger partial charge in [-0.1, -0.05) is 24.3 Å². The van der Waals surface area contributed by atoms with Crippen LogP contribution in [0.2, 0.25) is 0 Å². The summed E-state index contributed by atoms with van der Waals surface area (Å²) in [5.74, 6) is -1.35. The maximum Gasteiger partial charge on any atom is 0.276 e. The smallest absolute Gasteiger partial charge is 0.276 e. The second-order valence-corrected chi connectivity index (χ2v) is 4.87. The van der Waals surface area contributed by atoms with Gasteiger partial charge in [-0.25, -0.2) is 14.9 Å². The van der Waals surface area contributed by atoms with Crippen molar-refractivity contribution >= 4 is 11.7 Å². The molecule has 3 N–H and O–H groups in total. The van der Waals surface area contributed by atoms with Crippen LogP contribution >= 0.6 is 0 Å². The first-order valence-electron chi connectivity index (χ1n) is 6.48.